The number of hydrogen-bond acceptors (Lipinski definition) is 2. The van der Waals surface area contributed by atoms with Gasteiger partial charge in [-0.15, -0.1) is 0 Å². The summed E-state index contributed by atoms with van der Waals surface area (Å²) >= 11 is 0. The lowest BCUT2D eigenvalue weighted by Gasteiger charge is -2.34. The Morgan fingerprint density at radius 3 is 2.55 bits per heavy atom. The van der Waals surface area contributed by atoms with E-state index in [0.29, 0.717) is 24.3 Å². The van der Waals surface area contributed by atoms with Gasteiger partial charge >= 0.3 is 6.18 Å². The molecule has 20 heavy (non-hydrogen) atoms. The molecule has 2 atom stereocenters. The Morgan fingerprint density at radius 1 is 1.20 bits per heavy atom. The summed E-state index contributed by atoms with van der Waals surface area (Å²) in [5, 5.41) is 3.04. The van der Waals surface area contributed by atoms with E-state index in [1.54, 1.807) is 6.07 Å². The van der Waals surface area contributed by atoms with Crippen LogP contribution in [0.15, 0.2) is 18.2 Å². The van der Waals surface area contributed by atoms with Gasteiger partial charge < -0.3 is 10.1 Å². The maximum atomic E-state index is 13.1. The Balaban J connectivity index is 2.19. The Kier molecular flexibility index (Phi) is 4.45. The zero-order valence-corrected chi connectivity index (χ0v) is 11.8. The summed E-state index contributed by atoms with van der Waals surface area (Å²) in [4.78, 5) is 0. The first-order valence-corrected chi connectivity index (χ1v) is 6.89. The average Bonchev–Trinajstić information content (AvgIpc) is 2.40. The molecule has 1 N–H and O–H groups in total. The topological polar surface area (TPSA) is 21.3 Å². The van der Waals surface area contributed by atoms with Crippen LogP contribution in [-0.2, 0) is 0 Å². The minimum Gasteiger partial charge on any atom is -0.495 e. The number of halogens is 3. The summed E-state index contributed by atoms with van der Waals surface area (Å²) in [6.45, 7) is 1.92. The van der Waals surface area contributed by atoms with Crippen molar-refractivity contribution in [2.24, 2.45) is 5.92 Å². The smallest absolute Gasteiger partial charge is 0.393 e. The Morgan fingerprint density at radius 2 is 1.90 bits per heavy atom. The van der Waals surface area contributed by atoms with Crippen LogP contribution < -0.4 is 10.1 Å². The highest BCUT2D eigenvalue weighted by Gasteiger charge is 2.45. The van der Waals surface area contributed by atoms with Gasteiger partial charge in [0.05, 0.1) is 18.7 Å². The molecule has 1 saturated carbocycles. The third kappa shape index (κ3) is 3.38. The maximum absolute atomic E-state index is 13.1. The van der Waals surface area contributed by atoms with E-state index in [9.17, 15) is 13.2 Å². The van der Waals surface area contributed by atoms with Crippen molar-refractivity contribution in [3.63, 3.8) is 0 Å². The average molecular weight is 287 g/mol. The van der Waals surface area contributed by atoms with Gasteiger partial charge in [-0.2, -0.15) is 13.2 Å². The van der Waals surface area contributed by atoms with Crippen molar-refractivity contribution < 1.29 is 17.9 Å². The summed E-state index contributed by atoms with van der Waals surface area (Å²) in [6.07, 6.45) is -1.92. The molecule has 0 spiro atoms. The van der Waals surface area contributed by atoms with Gasteiger partial charge in [-0.25, -0.2) is 0 Å². The second-order valence-electron chi connectivity index (χ2n) is 5.39. The molecule has 2 unspecified atom stereocenters. The predicted octanol–water partition coefficient (Wildman–Crippen LogP) is 4.54. The molecule has 0 bridgehead atoms. The molecule has 5 heteroatoms. The van der Waals surface area contributed by atoms with Gasteiger partial charge in [-0.05, 0) is 37.5 Å². The fraction of sp³-hybridized carbons (Fsp3) is 0.600. The van der Waals surface area contributed by atoms with E-state index in [-0.39, 0.29) is 6.42 Å². The fourth-order valence-electron chi connectivity index (χ4n) is 2.81. The van der Waals surface area contributed by atoms with Gasteiger partial charge in [0.15, 0.2) is 0 Å². The first-order chi connectivity index (χ1) is 9.41. The molecule has 1 aliphatic rings. The van der Waals surface area contributed by atoms with Crippen LogP contribution in [0.25, 0.3) is 0 Å². The molecule has 0 saturated heterocycles. The van der Waals surface area contributed by atoms with Crippen LogP contribution in [0.4, 0.5) is 18.9 Å². The van der Waals surface area contributed by atoms with Crippen molar-refractivity contribution in [3.05, 3.63) is 23.8 Å². The van der Waals surface area contributed by atoms with Gasteiger partial charge in [0.1, 0.15) is 5.75 Å². The highest BCUT2D eigenvalue weighted by atomic mass is 19.4. The highest BCUT2D eigenvalue weighted by molar-refractivity contribution is 5.58. The molecular weight excluding hydrogens is 267 g/mol. The van der Waals surface area contributed by atoms with E-state index in [0.717, 1.165) is 12.0 Å². The molecule has 1 aromatic carbocycles. The number of methoxy groups -OCH3 is 1. The minimum absolute atomic E-state index is 0.204. The SMILES string of the molecule is COc1cc(C)ccc1NC1CCCCC1C(F)(F)F. The summed E-state index contributed by atoms with van der Waals surface area (Å²) < 4.78 is 44.5. The maximum Gasteiger partial charge on any atom is 0.393 e. The van der Waals surface area contributed by atoms with E-state index >= 15 is 0 Å². The molecule has 1 fully saturated rings. The molecule has 0 amide bonds. The Hall–Kier alpha value is -1.39. The summed E-state index contributed by atoms with van der Waals surface area (Å²) in [7, 11) is 1.53. The number of alkyl halides is 3. The molecule has 2 nitrogen and oxygen atoms in total. The number of benzene rings is 1. The van der Waals surface area contributed by atoms with E-state index in [4.69, 9.17) is 4.74 Å². The number of nitrogens with one attached hydrogen (secondary N) is 1. The molecule has 0 radical (unpaired) electrons. The number of rotatable bonds is 3. The van der Waals surface area contributed by atoms with Crippen LogP contribution in [0.2, 0.25) is 0 Å². The van der Waals surface area contributed by atoms with Gasteiger partial charge in [-0.3, -0.25) is 0 Å². The zero-order chi connectivity index (χ0) is 14.8. The normalized spacial score (nSPS) is 23.4. The van der Waals surface area contributed by atoms with Gasteiger partial charge in [0, 0.05) is 6.04 Å². The van der Waals surface area contributed by atoms with E-state index in [2.05, 4.69) is 5.32 Å². The third-order valence-electron chi connectivity index (χ3n) is 3.88. The molecule has 0 heterocycles. The van der Waals surface area contributed by atoms with Crippen molar-refractivity contribution in [1.82, 2.24) is 0 Å². The first-order valence-electron chi connectivity index (χ1n) is 6.89. The molecule has 112 valence electrons. The van der Waals surface area contributed by atoms with Crippen LogP contribution in [0.3, 0.4) is 0 Å². The molecular formula is C15H20F3NO. The lowest BCUT2D eigenvalue weighted by molar-refractivity contribution is -0.184. The van der Waals surface area contributed by atoms with Crippen molar-refractivity contribution in [1.29, 1.82) is 0 Å². The van der Waals surface area contributed by atoms with Crippen molar-refractivity contribution in [3.8, 4) is 5.75 Å². The molecule has 0 aliphatic heterocycles. The number of hydrogen-bond donors (Lipinski definition) is 1. The van der Waals surface area contributed by atoms with Crippen LogP contribution in [0.1, 0.15) is 31.2 Å². The summed E-state index contributed by atoms with van der Waals surface area (Å²) in [5.41, 5.74) is 1.66. The Bertz CT molecular complexity index is 459. The molecule has 1 aromatic rings. The quantitative estimate of drug-likeness (QED) is 0.881. The van der Waals surface area contributed by atoms with Gasteiger partial charge in [0.25, 0.3) is 0 Å². The Labute approximate surface area is 117 Å². The monoisotopic (exact) mass is 287 g/mol. The van der Waals surface area contributed by atoms with Gasteiger partial charge in [-0.1, -0.05) is 18.9 Å². The van der Waals surface area contributed by atoms with Crippen molar-refractivity contribution >= 4 is 5.69 Å². The van der Waals surface area contributed by atoms with E-state index in [1.807, 2.05) is 19.1 Å². The lowest BCUT2D eigenvalue weighted by atomic mass is 9.84. The highest BCUT2D eigenvalue weighted by Crippen LogP contribution is 2.40. The van der Waals surface area contributed by atoms with Crippen LogP contribution in [0, 0.1) is 12.8 Å². The largest absolute Gasteiger partial charge is 0.495 e. The molecule has 2 rings (SSSR count). The van der Waals surface area contributed by atoms with Crippen molar-refractivity contribution in [2.45, 2.75) is 44.8 Å². The number of aryl methyl sites for hydroxylation is 1. The zero-order valence-electron chi connectivity index (χ0n) is 11.8. The minimum atomic E-state index is -4.14. The van der Waals surface area contributed by atoms with E-state index in [1.165, 1.54) is 7.11 Å². The number of anilines is 1. The van der Waals surface area contributed by atoms with Crippen LogP contribution in [-0.4, -0.2) is 19.3 Å². The first kappa shape index (κ1) is 15.0. The molecule has 0 aromatic heterocycles. The van der Waals surface area contributed by atoms with Crippen LogP contribution >= 0.6 is 0 Å². The predicted molar refractivity (Wildman–Crippen MR) is 73.2 cm³/mol. The lowest BCUT2D eigenvalue weighted by Crippen LogP contribution is -2.41. The molecule has 1 aliphatic carbocycles. The third-order valence-corrected chi connectivity index (χ3v) is 3.88. The van der Waals surface area contributed by atoms with E-state index < -0.39 is 18.1 Å². The fourth-order valence-corrected chi connectivity index (χ4v) is 2.81. The summed E-state index contributed by atoms with van der Waals surface area (Å²) in [6, 6.07) is 4.92. The van der Waals surface area contributed by atoms with Crippen LogP contribution in [0.5, 0.6) is 5.75 Å². The summed E-state index contributed by atoms with van der Waals surface area (Å²) in [5.74, 6) is -0.682. The second-order valence-corrected chi connectivity index (χ2v) is 5.39. The van der Waals surface area contributed by atoms with Gasteiger partial charge in [0.2, 0.25) is 0 Å². The second kappa shape index (κ2) is 5.94. The number of ether oxygens (including phenoxy) is 1. The van der Waals surface area contributed by atoms with Crippen molar-refractivity contribution in [2.75, 3.05) is 12.4 Å². The standard InChI is InChI=1S/C15H20F3NO/c1-10-7-8-13(14(9-10)20-2)19-12-6-4-3-5-11(12)15(16,17)18/h7-9,11-12,19H,3-6H2,1-2H3.